The van der Waals surface area contributed by atoms with Crippen LogP contribution in [-0.4, -0.2) is 35.6 Å². The molecule has 0 aliphatic carbocycles. The third kappa shape index (κ3) is 4.41. The number of rotatable bonds is 6. The van der Waals surface area contributed by atoms with Crippen LogP contribution >= 0.6 is 0 Å². The zero-order valence-electron chi connectivity index (χ0n) is 12.2. The first-order valence-corrected chi connectivity index (χ1v) is 6.26. The van der Waals surface area contributed by atoms with Crippen LogP contribution < -0.4 is 0 Å². The van der Waals surface area contributed by atoms with Crippen molar-refractivity contribution >= 4 is 0 Å². The lowest BCUT2D eigenvalue weighted by Crippen LogP contribution is -2.44. The van der Waals surface area contributed by atoms with Gasteiger partial charge in [0.05, 0.1) is 6.10 Å². The summed E-state index contributed by atoms with van der Waals surface area (Å²) in [5.74, 6) is 0.432. The highest BCUT2D eigenvalue weighted by Gasteiger charge is 2.33. The minimum absolute atomic E-state index is 0.0829. The minimum Gasteiger partial charge on any atom is -0.390 e. The van der Waals surface area contributed by atoms with Crippen molar-refractivity contribution in [1.82, 2.24) is 0 Å². The second kappa shape index (κ2) is 7.14. The van der Waals surface area contributed by atoms with Crippen molar-refractivity contribution in [2.45, 2.75) is 59.9 Å². The van der Waals surface area contributed by atoms with Crippen LogP contribution in [0.4, 0.5) is 0 Å². The Bertz CT molecular complexity index is 254. The molecule has 17 heavy (non-hydrogen) atoms. The van der Waals surface area contributed by atoms with E-state index in [0.717, 1.165) is 11.1 Å². The molecule has 0 aliphatic rings. The van der Waals surface area contributed by atoms with Gasteiger partial charge in [-0.15, -0.1) is 0 Å². The predicted molar refractivity (Wildman–Crippen MR) is 70.9 cm³/mol. The van der Waals surface area contributed by atoms with Crippen LogP contribution in [0.25, 0.3) is 0 Å². The lowest BCUT2D eigenvalue weighted by molar-refractivity contribution is -0.0935. The van der Waals surface area contributed by atoms with E-state index in [1.807, 2.05) is 27.7 Å². The molecule has 102 valence electrons. The van der Waals surface area contributed by atoms with E-state index in [0.29, 0.717) is 5.92 Å². The number of aliphatic hydroxyl groups is 2. The summed E-state index contributed by atoms with van der Waals surface area (Å²) in [7, 11) is 1.53. The van der Waals surface area contributed by atoms with E-state index in [1.54, 1.807) is 0 Å². The lowest BCUT2D eigenvalue weighted by Gasteiger charge is -2.32. The molecule has 3 heteroatoms. The first kappa shape index (κ1) is 16.6. The summed E-state index contributed by atoms with van der Waals surface area (Å²) in [5, 5.41) is 20.4. The summed E-state index contributed by atoms with van der Waals surface area (Å²) in [6, 6.07) is 0. The summed E-state index contributed by atoms with van der Waals surface area (Å²) >= 11 is 0. The first-order chi connectivity index (χ1) is 7.73. The Morgan fingerprint density at radius 1 is 1.00 bits per heavy atom. The summed E-state index contributed by atoms with van der Waals surface area (Å²) in [5.41, 5.74) is 1.93. The fourth-order valence-corrected chi connectivity index (χ4v) is 1.69. The molecule has 0 aromatic carbocycles. The van der Waals surface area contributed by atoms with Gasteiger partial charge in [-0.2, -0.15) is 0 Å². The number of aliphatic hydroxyl groups excluding tert-OH is 2. The normalized spacial score (nSPS) is 18.7. The molecular weight excluding hydrogens is 216 g/mol. The maximum atomic E-state index is 10.2. The van der Waals surface area contributed by atoms with Gasteiger partial charge in [0.2, 0.25) is 0 Å². The molecule has 0 saturated heterocycles. The number of allylic oxidation sites excluding steroid dienone is 1. The molecule has 0 fully saturated rings. The van der Waals surface area contributed by atoms with E-state index in [-0.39, 0.29) is 5.92 Å². The van der Waals surface area contributed by atoms with Crippen LogP contribution in [0.5, 0.6) is 0 Å². The van der Waals surface area contributed by atoms with Gasteiger partial charge in [-0.25, -0.2) is 0 Å². The summed E-state index contributed by atoms with van der Waals surface area (Å²) < 4.78 is 5.28. The highest BCUT2D eigenvalue weighted by atomic mass is 16.5. The number of ether oxygens (including phenoxy) is 1. The van der Waals surface area contributed by atoms with Crippen LogP contribution in [-0.2, 0) is 4.74 Å². The first-order valence-electron chi connectivity index (χ1n) is 6.26. The summed E-state index contributed by atoms with van der Waals surface area (Å²) in [6.07, 6.45) is -1.98. The Balaban J connectivity index is 4.90. The van der Waals surface area contributed by atoms with Gasteiger partial charge in [-0.05, 0) is 38.2 Å². The molecule has 0 spiro atoms. The Labute approximate surface area is 105 Å². The van der Waals surface area contributed by atoms with Crippen LogP contribution in [0.1, 0.15) is 41.5 Å². The van der Waals surface area contributed by atoms with Gasteiger partial charge in [-0.1, -0.05) is 26.3 Å². The van der Waals surface area contributed by atoms with Crippen molar-refractivity contribution in [3.63, 3.8) is 0 Å². The zero-order valence-corrected chi connectivity index (χ0v) is 12.2. The van der Waals surface area contributed by atoms with Crippen LogP contribution in [0.3, 0.4) is 0 Å². The molecular formula is C14H28O3. The van der Waals surface area contributed by atoms with Gasteiger partial charge in [0, 0.05) is 7.11 Å². The molecule has 0 rings (SSSR count). The Morgan fingerprint density at radius 2 is 1.47 bits per heavy atom. The molecule has 0 unspecified atom stereocenters. The molecule has 2 N–H and O–H groups in total. The SMILES string of the molecule is CO[C@@H]([C@H](O)[C@H](C)C(C)C)[C@H](O)C(C)=C(C)C. The van der Waals surface area contributed by atoms with Crippen molar-refractivity contribution in [1.29, 1.82) is 0 Å². The van der Waals surface area contributed by atoms with E-state index in [9.17, 15) is 10.2 Å². The van der Waals surface area contributed by atoms with E-state index in [1.165, 1.54) is 7.11 Å². The molecule has 0 heterocycles. The van der Waals surface area contributed by atoms with Crippen LogP contribution in [0.15, 0.2) is 11.1 Å². The second-order valence-corrected chi connectivity index (χ2v) is 5.42. The number of hydrogen-bond acceptors (Lipinski definition) is 3. The number of methoxy groups -OCH3 is 1. The molecule has 3 nitrogen and oxygen atoms in total. The summed E-state index contributed by atoms with van der Waals surface area (Å²) in [4.78, 5) is 0. The molecule has 0 aliphatic heterocycles. The average Bonchev–Trinajstić information content (AvgIpc) is 2.26. The molecule has 0 aromatic heterocycles. The Kier molecular flexibility index (Phi) is 6.98. The van der Waals surface area contributed by atoms with Gasteiger partial charge < -0.3 is 14.9 Å². The highest BCUT2D eigenvalue weighted by molar-refractivity contribution is 5.14. The molecule has 0 saturated carbocycles. The van der Waals surface area contributed by atoms with Crippen LogP contribution in [0, 0.1) is 11.8 Å². The monoisotopic (exact) mass is 244 g/mol. The van der Waals surface area contributed by atoms with E-state index in [2.05, 4.69) is 13.8 Å². The second-order valence-electron chi connectivity index (χ2n) is 5.42. The van der Waals surface area contributed by atoms with Crippen molar-refractivity contribution in [3.8, 4) is 0 Å². The van der Waals surface area contributed by atoms with Crippen molar-refractivity contribution in [2.75, 3.05) is 7.11 Å². The fraction of sp³-hybridized carbons (Fsp3) is 0.857. The Hall–Kier alpha value is -0.380. The Morgan fingerprint density at radius 3 is 1.76 bits per heavy atom. The maximum Gasteiger partial charge on any atom is 0.113 e. The van der Waals surface area contributed by atoms with Gasteiger partial charge in [0.25, 0.3) is 0 Å². The van der Waals surface area contributed by atoms with E-state index >= 15 is 0 Å². The van der Waals surface area contributed by atoms with Gasteiger partial charge in [0.1, 0.15) is 12.2 Å². The van der Waals surface area contributed by atoms with Crippen molar-refractivity contribution in [3.05, 3.63) is 11.1 Å². The molecule has 0 aromatic rings. The van der Waals surface area contributed by atoms with Crippen LogP contribution in [0.2, 0.25) is 0 Å². The lowest BCUT2D eigenvalue weighted by atomic mass is 9.85. The summed E-state index contributed by atoms with van der Waals surface area (Å²) in [6.45, 7) is 11.9. The predicted octanol–water partition coefficient (Wildman–Crippen LogP) is 2.37. The largest absolute Gasteiger partial charge is 0.390 e. The highest BCUT2D eigenvalue weighted by Crippen LogP contribution is 2.23. The molecule has 0 bridgehead atoms. The smallest absolute Gasteiger partial charge is 0.113 e. The van der Waals surface area contributed by atoms with Crippen molar-refractivity contribution in [2.24, 2.45) is 11.8 Å². The standard InChI is InChI=1S/C14H28O3/c1-8(2)10(5)12(15)14(17-7)13(16)11(6)9(3)4/h8,10,12-16H,1-7H3/t10-,12-,13-,14+/m1/s1. The minimum atomic E-state index is -0.749. The molecule has 0 amide bonds. The number of hydrogen-bond donors (Lipinski definition) is 2. The van der Waals surface area contributed by atoms with Gasteiger partial charge >= 0.3 is 0 Å². The molecule has 0 radical (unpaired) electrons. The fourth-order valence-electron chi connectivity index (χ4n) is 1.69. The quantitative estimate of drug-likeness (QED) is 0.705. The molecule has 4 atom stereocenters. The van der Waals surface area contributed by atoms with Gasteiger partial charge in [-0.3, -0.25) is 0 Å². The third-order valence-corrected chi connectivity index (χ3v) is 3.74. The zero-order chi connectivity index (χ0) is 13.7. The maximum absolute atomic E-state index is 10.2. The average molecular weight is 244 g/mol. The topological polar surface area (TPSA) is 49.7 Å². The van der Waals surface area contributed by atoms with Gasteiger partial charge in [0.15, 0.2) is 0 Å². The van der Waals surface area contributed by atoms with E-state index in [4.69, 9.17) is 4.74 Å². The third-order valence-electron chi connectivity index (χ3n) is 3.74. The van der Waals surface area contributed by atoms with Crippen molar-refractivity contribution < 1.29 is 14.9 Å². The van der Waals surface area contributed by atoms with E-state index < -0.39 is 18.3 Å².